The van der Waals surface area contributed by atoms with Gasteiger partial charge in [-0.25, -0.2) is 4.73 Å². The van der Waals surface area contributed by atoms with Crippen LogP contribution in [0.2, 0.25) is 0 Å². The van der Waals surface area contributed by atoms with Crippen molar-refractivity contribution in [1.29, 1.82) is 0 Å². The Hall–Kier alpha value is -2.17. The third kappa shape index (κ3) is 2.19. The molecule has 2 heterocycles. The fourth-order valence-corrected chi connectivity index (χ4v) is 1.22. The van der Waals surface area contributed by atoms with Crippen LogP contribution in [0.3, 0.4) is 0 Å². The Bertz CT molecular complexity index is 440. The first-order valence-corrected chi connectivity index (χ1v) is 4.50. The van der Waals surface area contributed by atoms with Gasteiger partial charge in [0.2, 0.25) is 0 Å². The number of nitrogens with one attached hydrogen (secondary N) is 1. The summed E-state index contributed by atoms with van der Waals surface area (Å²) >= 11 is 0. The number of hydrogen-bond acceptors (Lipinski definition) is 4. The Morgan fingerprint density at radius 1 is 1.40 bits per heavy atom. The average Bonchev–Trinajstić information content (AvgIpc) is 2.69. The molecule has 0 aliphatic heterocycles. The second kappa shape index (κ2) is 3.91. The normalized spacial score (nSPS) is 10.1. The zero-order valence-electron chi connectivity index (χ0n) is 8.01. The first kappa shape index (κ1) is 9.39. The number of nitrogens with zero attached hydrogens (tertiary/aromatic N) is 1. The smallest absolute Gasteiger partial charge is 0.277 e. The van der Waals surface area contributed by atoms with Crippen molar-refractivity contribution >= 4 is 11.5 Å². The fraction of sp³-hybridized carbons (Fsp3) is 0.100. The highest BCUT2D eigenvalue weighted by molar-refractivity contribution is 5.39. The van der Waals surface area contributed by atoms with Crippen LogP contribution in [-0.2, 0) is 6.54 Å². The lowest BCUT2D eigenvalue weighted by atomic mass is 10.4. The summed E-state index contributed by atoms with van der Waals surface area (Å²) in [6, 6.07) is 6.93. The molecule has 3 N–H and O–H groups in total. The van der Waals surface area contributed by atoms with Crippen LogP contribution in [0.1, 0.15) is 5.76 Å². The maximum Gasteiger partial charge on any atom is 0.277 e. The molecule has 0 saturated heterocycles. The summed E-state index contributed by atoms with van der Waals surface area (Å²) in [5, 5.41) is 14.3. The minimum atomic E-state index is 0.438. The summed E-state index contributed by atoms with van der Waals surface area (Å²) in [5.41, 5.74) is 5.89. The number of nitrogen functional groups attached to an aromatic ring is 1. The van der Waals surface area contributed by atoms with Crippen molar-refractivity contribution < 1.29 is 9.15 Å². The number of rotatable bonds is 3. The minimum absolute atomic E-state index is 0.438. The third-order valence-electron chi connectivity index (χ3n) is 1.96. The Balaban J connectivity index is 2.05. The van der Waals surface area contributed by atoms with E-state index in [9.17, 15) is 5.21 Å². The van der Waals surface area contributed by atoms with Gasteiger partial charge in [0.25, 0.3) is 5.82 Å². The molecule has 0 spiro atoms. The number of hydrogen-bond donors (Lipinski definition) is 2. The maximum absolute atomic E-state index is 11.3. The van der Waals surface area contributed by atoms with Gasteiger partial charge in [-0.05, 0) is 18.2 Å². The van der Waals surface area contributed by atoms with Gasteiger partial charge in [-0.15, -0.1) is 0 Å². The second-order valence-corrected chi connectivity index (χ2v) is 3.11. The van der Waals surface area contributed by atoms with E-state index in [0.717, 1.165) is 5.76 Å². The van der Waals surface area contributed by atoms with Gasteiger partial charge in [0, 0.05) is 6.07 Å². The van der Waals surface area contributed by atoms with Crippen LogP contribution in [0.25, 0.3) is 0 Å². The van der Waals surface area contributed by atoms with E-state index in [2.05, 4.69) is 5.32 Å². The van der Waals surface area contributed by atoms with Crippen molar-refractivity contribution in [2.24, 2.45) is 0 Å². The first-order valence-electron chi connectivity index (χ1n) is 4.50. The summed E-state index contributed by atoms with van der Waals surface area (Å²) in [4.78, 5) is 0. The van der Waals surface area contributed by atoms with Gasteiger partial charge in [0.15, 0.2) is 0 Å². The summed E-state index contributed by atoms with van der Waals surface area (Å²) in [6.07, 6.45) is 2.90. The first-order chi connectivity index (χ1) is 7.25. The number of pyridine rings is 1. The zero-order chi connectivity index (χ0) is 10.7. The molecule has 2 aromatic rings. The quantitative estimate of drug-likeness (QED) is 0.581. The molecule has 0 amide bonds. The number of furan rings is 1. The maximum atomic E-state index is 11.3. The van der Waals surface area contributed by atoms with Crippen LogP contribution in [-0.4, -0.2) is 0 Å². The van der Waals surface area contributed by atoms with Gasteiger partial charge in [-0.2, -0.15) is 0 Å². The Labute approximate surface area is 86.7 Å². The Kier molecular flexibility index (Phi) is 2.45. The van der Waals surface area contributed by atoms with Crippen molar-refractivity contribution in [2.45, 2.75) is 6.54 Å². The summed E-state index contributed by atoms with van der Waals surface area (Å²) in [6.45, 7) is 0.471. The van der Waals surface area contributed by atoms with E-state index in [4.69, 9.17) is 10.2 Å². The van der Waals surface area contributed by atoms with E-state index in [-0.39, 0.29) is 0 Å². The van der Waals surface area contributed by atoms with Gasteiger partial charge in [0.05, 0.1) is 12.0 Å². The molecule has 0 fully saturated rings. The Morgan fingerprint density at radius 2 is 2.27 bits per heavy atom. The van der Waals surface area contributed by atoms with E-state index in [0.29, 0.717) is 22.8 Å². The summed E-state index contributed by atoms with van der Waals surface area (Å²) in [7, 11) is 0. The molecule has 5 nitrogen and oxygen atoms in total. The highest BCUT2D eigenvalue weighted by Gasteiger charge is 2.04. The van der Waals surface area contributed by atoms with E-state index in [1.807, 2.05) is 6.07 Å². The van der Waals surface area contributed by atoms with Crippen LogP contribution < -0.4 is 15.8 Å². The Morgan fingerprint density at radius 3 is 2.93 bits per heavy atom. The molecule has 0 aromatic carbocycles. The molecule has 0 aliphatic carbocycles. The fourth-order valence-electron chi connectivity index (χ4n) is 1.22. The number of anilines is 2. The molecule has 78 valence electrons. The van der Waals surface area contributed by atoms with Crippen molar-refractivity contribution in [3.8, 4) is 0 Å². The summed E-state index contributed by atoms with van der Waals surface area (Å²) in [5.74, 6) is 1.22. The van der Waals surface area contributed by atoms with E-state index in [1.54, 1.807) is 24.5 Å². The van der Waals surface area contributed by atoms with E-state index >= 15 is 0 Å². The van der Waals surface area contributed by atoms with Crippen molar-refractivity contribution in [1.82, 2.24) is 0 Å². The van der Waals surface area contributed by atoms with Crippen LogP contribution in [0, 0.1) is 5.21 Å². The molecule has 0 atom stereocenters. The number of nitrogens with two attached hydrogens (primary N) is 1. The molecule has 0 radical (unpaired) electrons. The van der Waals surface area contributed by atoms with Crippen molar-refractivity contribution in [3.05, 3.63) is 47.7 Å². The van der Waals surface area contributed by atoms with Gasteiger partial charge < -0.3 is 15.4 Å². The van der Waals surface area contributed by atoms with Gasteiger partial charge in [-0.1, -0.05) is 0 Å². The molecule has 0 aliphatic rings. The van der Waals surface area contributed by atoms with E-state index in [1.165, 1.54) is 6.20 Å². The standard InChI is InChI=1S/C10H11N3O2/c11-8-3-4-10(13(14)7-8)12-6-9-2-1-5-15-9/h1-5,7,12H,6,11H2. The highest BCUT2D eigenvalue weighted by atomic mass is 16.5. The van der Waals surface area contributed by atoms with Gasteiger partial charge in [-0.3, -0.25) is 5.32 Å². The summed E-state index contributed by atoms with van der Waals surface area (Å²) < 4.78 is 5.81. The molecule has 0 saturated carbocycles. The lowest BCUT2D eigenvalue weighted by Crippen LogP contribution is -2.30. The van der Waals surface area contributed by atoms with Crippen LogP contribution in [0.4, 0.5) is 11.5 Å². The molecule has 5 heteroatoms. The molecular formula is C10H11N3O2. The van der Waals surface area contributed by atoms with Gasteiger partial charge in [0.1, 0.15) is 18.5 Å². The third-order valence-corrected chi connectivity index (χ3v) is 1.96. The monoisotopic (exact) mass is 205 g/mol. The zero-order valence-corrected chi connectivity index (χ0v) is 8.01. The lowest BCUT2D eigenvalue weighted by molar-refractivity contribution is -0.589. The van der Waals surface area contributed by atoms with Crippen LogP contribution in [0.5, 0.6) is 0 Å². The minimum Gasteiger partial charge on any atom is -0.711 e. The topological polar surface area (TPSA) is 78.1 Å². The number of aromatic nitrogens is 1. The van der Waals surface area contributed by atoms with Gasteiger partial charge >= 0.3 is 0 Å². The van der Waals surface area contributed by atoms with Crippen molar-refractivity contribution in [2.75, 3.05) is 11.1 Å². The predicted molar refractivity (Wildman–Crippen MR) is 55.8 cm³/mol. The highest BCUT2D eigenvalue weighted by Crippen LogP contribution is 2.06. The van der Waals surface area contributed by atoms with Crippen LogP contribution >= 0.6 is 0 Å². The van der Waals surface area contributed by atoms with Crippen LogP contribution in [0.15, 0.2) is 41.1 Å². The average molecular weight is 205 g/mol. The van der Waals surface area contributed by atoms with E-state index < -0.39 is 0 Å². The molecule has 0 bridgehead atoms. The molecule has 2 rings (SSSR count). The second-order valence-electron chi connectivity index (χ2n) is 3.11. The lowest BCUT2D eigenvalue weighted by Gasteiger charge is -2.08. The largest absolute Gasteiger partial charge is 0.711 e. The van der Waals surface area contributed by atoms with Crippen molar-refractivity contribution in [3.63, 3.8) is 0 Å². The predicted octanol–water partition coefficient (Wildman–Crippen LogP) is 1.11. The molecular weight excluding hydrogens is 194 g/mol. The SMILES string of the molecule is Nc1ccc(NCc2ccco2)[n+]([O-])c1. The molecule has 0 unspecified atom stereocenters. The molecule has 2 aromatic heterocycles. The molecule has 15 heavy (non-hydrogen) atoms.